The molecule has 3 aromatic rings. The van der Waals surface area contributed by atoms with Crippen LogP contribution in [-0.4, -0.2) is 53.5 Å². The fourth-order valence-corrected chi connectivity index (χ4v) is 5.85. The van der Waals surface area contributed by atoms with Crippen molar-refractivity contribution in [2.75, 3.05) is 26.2 Å². The Balaban J connectivity index is 0.000000354. The molecule has 0 aliphatic carbocycles. The lowest BCUT2D eigenvalue weighted by atomic mass is 10.1. The largest absolute Gasteiger partial charge is 0.477 e. The summed E-state index contributed by atoms with van der Waals surface area (Å²) in [6, 6.07) is 6.07. The van der Waals surface area contributed by atoms with Crippen LogP contribution in [0.2, 0.25) is 0 Å². The highest BCUT2D eigenvalue weighted by atomic mass is 32.1. The number of aromatic carboxylic acids is 1. The van der Waals surface area contributed by atoms with Gasteiger partial charge < -0.3 is 15.3 Å². The minimum atomic E-state index is -0.950. The second-order valence-corrected chi connectivity index (χ2v) is 10.2. The van der Waals surface area contributed by atoms with E-state index in [1.165, 1.54) is 50.1 Å². The molecule has 0 bridgehead atoms. The van der Waals surface area contributed by atoms with Crippen LogP contribution in [0.25, 0.3) is 20.7 Å². The molecular weight excluding hydrogens is 440 g/mol. The van der Waals surface area contributed by atoms with Crippen molar-refractivity contribution in [2.45, 2.75) is 45.4 Å². The van der Waals surface area contributed by atoms with Gasteiger partial charge in [0.05, 0.1) is 6.34 Å². The average molecular weight is 471 g/mol. The Hall–Kier alpha value is -2.29. The molecule has 2 saturated heterocycles. The molecule has 6 nitrogen and oxygen atoms in total. The van der Waals surface area contributed by atoms with E-state index in [1.807, 2.05) is 30.8 Å². The third kappa shape index (κ3) is 5.54. The Bertz CT molecular complexity index is 1050. The summed E-state index contributed by atoms with van der Waals surface area (Å²) in [6.07, 6.45) is 9.59. The van der Waals surface area contributed by atoms with Crippen LogP contribution in [0.1, 0.15) is 53.9 Å². The molecule has 8 heteroatoms. The summed E-state index contributed by atoms with van der Waals surface area (Å²) in [5.41, 5.74) is 2.42. The van der Waals surface area contributed by atoms with Crippen LogP contribution in [0, 0.1) is 6.92 Å². The number of rotatable bonds is 4. The van der Waals surface area contributed by atoms with E-state index in [4.69, 9.17) is 0 Å². The van der Waals surface area contributed by atoms with Gasteiger partial charge in [0.1, 0.15) is 15.4 Å². The third-order valence-corrected chi connectivity index (χ3v) is 7.66. The Kier molecular flexibility index (Phi) is 7.89. The van der Waals surface area contributed by atoms with Gasteiger partial charge in [0.15, 0.2) is 0 Å². The molecule has 0 spiro atoms. The molecule has 2 aliphatic rings. The van der Waals surface area contributed by atoms with E-state index in [1.54, 1.807) is 11.3 Å². The molecule has 5 rings (SSSR count). The van der Waals surface area contributed by atoms with Crippen LogP contribution in [0.5, 0.6) is 0 Å². The van der Waals surface area contributed by atoms with Gasteiger partial charge >= 0.3 is 5.97 Å². The van der Waals surface area contributed by atoms with E-state index in [2.05, 4.69) is 26.3 Å². The molecule has 0 amide bonds. The normalized spacial score (nSPS) is 16.8. The molecule has 2 aliphatic heterocycles. The van der Waals surface area contributed by atoms with Crippen molar-refractivity contribution in [1.29, 1.82) is 0 Å². The van der Waals surface area contributed by atoms with Gasteiger partial charge in [-0.05, 0) is 69.6 Å². The zero-order chi connectivity index (χ0) is 22.3. The maximum absolute atomic E-state index is 11.8. The number of nitrogens with one attached hydrogen (secondary N) is 1. The Morgan fingerprint density at radius 1 is 1.19 bits per heavy atom. The van der Waals surface area contributed by atoms with E-state index in [9.17, 15) is 9.90 Å². The number of aryl methyl sites for hydroxylation is 1. The number of carbonyl (C=O) groups is 1. The van der Waals surface area contributed by atoms with Crippen molar-refractivity contribution in [2.24, 2.45) is 4.99 Å². The second kappa shape index (κ2) is 11.0. The molecule has 0 saturated carbocycles. The Morgan fingerprint density at radius 3 is 2.53 bits per heavy atom. The minimum Gasteiger partial charge on any atom is -0.477 e. The quantitative estimate of drug-likeness (QED) is 0.365. The number of carboxylic acid groups (broad SMARTS) is 1. The number of likely N-dealkylation sites (tertiary alicyclic amines) is 1. The van der Waals surface area contributed by atoms with Crippen LogP contribution in [-0.2, 0) is 0 Å². The van der Waals surface area contributed by atoms with Gasteiger partial charge in [-0.15, -0.1) is 22.7 Å². The highest BCUT2D eigenvalue weighted by molar-refractivity contribution is 7.21. The van der Waals surface area contributed by atoms with Crippen molar-refractivity contribution in [1.82, 2.24) is 15.2 Å². The zero-order valence-corrected chi connectivity index (χ0v) is 20.1. The standard InChI is InChI=1S/C19H19N3O2S2.C5H11N/c1-12-10-13(14-6-5-9-25-14)15-16(17(19(23)24)26-18(15)21-12)20-11-22-7-3-2-4-8-22;1-2-4-6-5-3-1/h5-6,9-11H,2-4,7-8H2,1H3,(H,23,24);6H,1-5H2. The molecule has 32 heavy (non-hydrogen) atoms. The van der Waals surface area contributed by atoms with Crippen molar-refractivity contribution < 1.29 is 9.90 Å². The number of piperidine rings is 2. The van der Waals surface area contributed by atoms with E-state index >= 15 is 0 Å². The van der Waals surface area contributed by atoms with E-state index < -0.39 is 5.97 Å². The average Bonchev–Trinajstić information content (AvgIpc) is 3.48. The highest BCUT2D eigenvalue weighted by Crippen LogP contribution is 2.43. The maximum Gasteiger partial charge on any atom is 0.348 e. The van der Waals surface area contributed by atoms with Gasteiger partial charge in [-0.25, -0.2) is 14.8 Å². The molecular formula is C24H30N4O2S2. The molecule has 2 N–H and O–H groups in total. The maximum atomic E-state index is 11.8. The number of hydrogen-bond acceptors (Lipinski definition) is 6. The van der Waals surface area contributed by atoms with Crippen molar-refractivity contribution in [3.63, 3.8) is 0 Å². The molecule has 0 aromatic carbocycles. The summed E-state index contributed by atoms with van der Waals surface area (Å²) >= 11 is 2.85. The first-order valence-electron chi connectivity index (χ1n) is 11.3. The molecule has 0 unspecified atom stereocenters. The van der Waals surface area contributed by atoms with Gasteiger partial charge in [-0.2, -0.15) is 0 Å². The smallest absolute Gasteiger partial charge is 0.348 e. The van der Waals surface area contributed by atoms with Crippen molar-refractivity contribution >= 4 is 50.9 Å². The predicted octanol–water partition coefficient (Wildman–Crippen LogP) is 5.94. The third-order valence-electron chi connectivity index (χ3n) is 5.69. The fourth-order valence-electron chi connectivity index (χ4n) is 4.08. The first-order valence-corrected chi connectivity index (χ1v) is 13.0. The summed E-state index contributed by atoms with van der Waals surface area (Å²) < 4.78 is 0. The van der Waals surface area contributed by atoms with Crippen LogP contribution >= 0.6 is 22.7 Å². The van der Waals surface area contributed by atoms with Crippen molar-refractivity contribution in [3.8, 4) is 10.4 Å². The van der Waals surface area contributed by atoms with Gasteiger partial charge in [-0.3, -0.25) is 0 Å². The van der Waals surface area contributed by atoms with Crippen LogP contribution in [0.3, 0.4) is 0 Å². The fraction of sp³-hybridized carbons (Fsp3) is 0.458. The molecule has 170 valence electrons. The summed E-state index contributed by atoms with van der Waals surface area (Å²) in [5.74, 6) is -0.950. The predicted molar refractivity (Wildman–Crippen MR) is 135 cm³/mol. The zero-order valence-electron chi connectivity index (χ0n) is 18.5. The summed E-state index contributed by atoms with van der Waals surface area (Å²) in [7, 11) is 0. The van der Waals surface area contributed by atoms with Gasteiger partial charge in [0.2, 0.25) is 0 Å². The first kappa shape index (κ1) is 22.9. The van der Waals surface area contributed by atoms with E-state index in [0.29, 0.717) is 5.69 Å². The monoisotopic (exact) mass is 470 g/mol. The highest BCUT2D eigenvalue weighted by Gasteiger charge is 2.22. The number of hydrogen-bond donors (Lipinski definition) is 2. The number of fused-ring (bicyclic) bond motifs is 1. The van der Waals surface area contributed by atoms with Crippen molar-refractivity contribution in [3.05, 3.63) is 34.2 Å². The van der Waals surface area contributed by atoms with Crippen LogP contribution in [0.4, 0.5) is 5.69 Å². The Labute approximate surface area is 197 Å². The first-order chi connectivity index (χ1) is 15.6. The topological polar surface area (TPSA) is 77.8 Å². The lowest BCUT2D eigenvalue weighted by Gasteiger charge is -2.23. The molecule has 3 aromatic heterocycles. The number of nitrogens with zero attached hydrogens (tertiary/aromatic N) is 3. The van der Waals surface area contributed by atoms with Gasteiger partial charge in [0, 0.05) is 34.6 Å². The number of aromatic nitrogens is 1. The number of carboxylic acids is 1. The minimum absolute atomic E-state index is 0.254. The van der Waals surface area contributed by atoms with E-state index in [-0.39, 0.29) is 4.88 Å². The molecule has 0 radical (unpaired) electrons. The summed E-state index contributed by atoms with van der Waals surface area (Å²) in [6.45, 7) is 6.39. The summed E-state index contributed by atoms with van der Waals surface area (Å²) in [4.78, 5) is 25.3. The number of aliphatic imine (C=N–C) groups is 1. The SMILES string of the molecule is C1CCNCC1.Cc1cc(-c2cccs2)c2c(N=CN3CCCCC3)c(C(=O)O)sc2n1. The lowest BCUT2D eigenvalue weighted by molar-refractivity contribution is 0.0703. The molecule has 0 atom stereocenters. The lowest BCUT2D eigenvalue weighted by Crippen LogP contribution is -2.28. The Morgan fingerprint density at radius 2 is 1.94 bits per heavy atom. The number of thiophene rings is 2. The number of pyridine rings is 1. The van der Waals surface area contributed by atoms with Crippen LogP contribution in [0.15, 0.2) is 28.6 Å². The van der Waals surface area contributed by atoms with Crippen LogP contribution < -0.4 is 5.32 Å². The molecule has 2 fully saturated rings. The summed E-state index contributed by atoms with van der Waals surface area (Å²) in [5, 5.41) is 15.8. The van der Waals surface area contributed by atoms with Gasteiger partial charge in [0.25, 0.3) is 0 Å². The molecule has 5 heterocycles. The van der Waals surface area contributed by atoms with E-state index in [0.717, 1.165) is 52.3 Å². The second-order valence-electron chi connectivity index (χ2n) is 8.21. The van der Waals surface area contributed by atoms with Gasteiger partial charge in [-0.1, -0.05) is 12.5 Å².